The molecule has 2 atom stereocenters. The maximum Gasteiger partial charge on any atom is 0.243 e. The largest absolute Gasteiger partial charge is 0.326 e. The van der Waals surface area contributed by atoms with Crippen LogP contribution >= 0.6 is 0 Å². The zero-order valence-corrected chi connectivity index (χ0v) is 13.3. The maximum atomic E-state index is 12.5. The number of carbonyl (C=O) groups excluding carboxylic acids is 1. The van der Waals surface area contributed by atoms with Crippen molar-refractivity contribution in [3.8, 4) is 0 Å². The lowest BCUT2D eigenvalue weighted by Gasteiger charge is -2.25. The van der Waals surface area contributed by atoms with E-state index in [0.29, 0.717) is 0 Å². The standard InChI is InChI=1S/C15H31N3O/c1-6-13-16-15(5,7-2)14(19)18(13)12-10-11-17(8-3)9-4/h13,16H,6-12H2,1-5H3. The van der Waals surface area contributed by atoms with Gasteiger partial charge in [-0.1, -0.05) is 27.7 Å². The van der Waals surface area contributed by atoms with Gasteiger partial charge in [0.2, 0.25) is 5.91 Å². The molecule has 1 amide bonds. The van der Waals surface area contributed by atoms with Gasteiger partial charge in [0.1, 0.15) is 0 Å². The van der Waals surface area contributed by atoms with Gasteiger partial charge in [-0.05, 0) is 45.8 Å². The molecule has 4 nitrogen and oxygen atoms in total. The molecule has 0 aromatic rings. The predicted molar refractivity (Wildman–Crippen MR) is 80.0 cm³/mol. The van der Waals surface area contributed by atoms with Gasteiger partial charge < -0.3 is 9.80 Å². The molecule has 1 aliphatic rings. The van der Waals surface area contributed by atoms with Gasteiger partial charge in [-0.3, -0.25) is 10.1 Å². The fourth-order valence-electron chi connectivity index (χ4n) is 2.80. The van der Waals surface area contributed by atoms with Gasteiger partial charge in [0.05, 0.1) is 11.7 Å². The van der Waals surface area contributed by atoms with Crippen LogP contribution in [-0.4, -0.2) is 53.6 Å². The van der Waals surface area contributed by atoms with Crippen molar-refractivity contribution in [2.45, 2.75) is 65.6 Å². The fraction of sp³-hybridized carbons (Fsp3) is 0.933. The highest BCUT2D eigenvalue weighted by molar-refractivity contribution is 5.88. The molecule has 1 fully saturated rings. The van der Waals surface area contributed by atoms with Crippen molar-refractivity contribution < 1.29 is 4.79 Å². The second-order valence-electron chi connectivity index (χ2n) is 5.63. The van der Waals surface area contributed by atoms with Crippen LogP contribution in [0.3, 0.4) is 0 Å². The average Bonchev–Trinajstić information content (AvgIpc) is 2.68. The summed E-state index contributed by atoms with van der Waals surface area (Å²) >= 11 is 0. The minimum atomic E-state index is -0.351. The Hall–Kier alpha value is -0.610. The summed E-state index contributed by atoms with van der Waals surface area (Å²) in [4.78, 5) is 17.0. The van der Waals surface area contributed by atoms with Gasteiger partial charge in [-0.25, -0.2) is 0 Å². The molecule has 0 saturated carbocycles. The fourth-order valence-corrected chi connectivity index (χ4v) is 2.80. The van der Waals surface area contributed by atoms with Gasteiger partial charge in [0, 0.05) is 6.54 Å². The maximum absolute atomic E-state index is 12.5. The lowest BCUT2D eigenvalue weighted by Crippen LogP contribution is -2.43. The van der Waals surface area contributed by atoms with Gasteiger partial charge in [0.25, 0.3) is 0 Å². The summed E-state index contributed by atoms with van der Waals surface area (Å²) in [6.07, 6.45) is 3.11. The molecule has 1 N–H and O–H groups in total. The second-order valence-corrected chi connectivity index (χ2v) is 5.63. The van der Waals surface area contributed by atoms with Gasteiger partial charge in [-0.15, -0.1) is 0 Å². The first-order valence-electron chi connectivity index (χ1n) is 7.83. The summed E-state index contributed by atoms with van der Waals surface area (Å²) in [5.41, 5.74) is -0.351. The summed E-state index contributed by atoms with van der Waals surface area (Å²) < 4.78 is 0. The summed E-state index contributed by atoms with van der Waals surface area (Å²) in [7, 11) is 0. The third-order valence-corrected chi connectivity index (χ3v) is 4.46. The monoisotopic (exact) mass is 269 g/mol. The van der Waals surface area contributed by atoms with Crippen molar-refractivity contribution in [2.24, 2.45) is 0 Å². The molecule has 2 unspecified atom stereocenters. The van der Waals surface area contributed by atoms with Crippen molar-refractivity contribution in [3.63, 3.8) is 0 Å². The second kappa shape index (κ2) is 7.25. The van der Waals surface area contributed by atoms with Crippen LogP contribution < -0.4 is 5.32 Å². The van der Waals surface area contributed by atoms with Crippen LogP contribution in [0.25, 0.3) is 0 Å². The minimum absolute atomic E-state index is 0.217. The van der Waals surface area contributed by atoms with E-state index in [-0.39, 0.29) is 17.6 Å². The van der Waals surface area contributed by atoms with Crippen LogP contribution in [0, 0.1) is 0 Å². The molecule has 1 heterocycles. The molecular formula is C15H31N3O. The topological polar surface area (TPSA) is 35.6 Å². The van der Waals surface area contributed by atoms with E-state index in [0.717, 1.165) is 45.4 Å². The molecule has 0 aliphatic carbocycles. The smallest absolute Gasteiger partial charge is 0.243 e. The highest BCUT2D eigenvalue weighted by Crippen LogP contribution is 2.25. The van der Waals surface area contributed by atoms with Gasteiger partial charge >= 0.3 is 0 Å². The summed E-state index contributed by atoms with van der Waals surface area (Å²) in [6, 6.07) is 0. The van der Waals surface area contributed by atoms with E-state index in [4.69, 9.17) is 0 Å². The number of carbonyl (C=O) groups is 1. The lowest BCUT2D eigenvalue weighted by molar-refractivity contribution is -0.133. The Morgan fingerprint density at radius 1 is 1.26 bits per heavy atom. The molecule has 0 bridgehead atoms. The highest BCUT2D eigenvalue weighted by atomic mass is 16.2. The Bertz CT molecular complexity index is 291. The molecule has 0 aromatic heterocycles. The van der Waals surface area contributed by atoms with Crippen LogP contribution in [0.2, 0.25) is 0 Å². The summed E-state index contributed by atoms with van der Waals surface area (Å²) in [6.45, 7) is 14.8. The van der Waals surface area contributed by atoms with Crippen LogP contribution in [0.1, 0.15) is 53.9 Å². The number of hydrogen-bond donors (Lipinski definition) is 1. The molecule has 112 valence electrons. The molecule has 0 radical (unpaired) electrons. The Morgan fingerprint density at radius 2 is 1.89 bits per heavy atom. The normalized spacial score (nSPS) is 27.6. The van der Waals surface area contributed by atoms with Crippen LogP contribution in [0.15, 0.2) is 0 Å². The van der Waals surface area contributed by atoms with E-state index in [1.165, 1.54) is 0 Å². The average molecular weight is 269 g/mol. The predicted octanol–water partition coefficient (Wildman–Crippen LogP) is 2.05. The molecule has 1 saturated heterocycles. The molecular weight excluding hydrogens is 238 g/mol. The van der Waals surface area contributed by atoms with Crippen LogP contribution in [0.5, 0.6) is 0 Å². The van der Waals surface area contributed by atoms with Crippen molar-refractivity contribution in [3.05, 3.63) is 0 Å². The van der Waals surface area contributed by atoms with Crippen molar-refractivity contribution in [1.82, 2.24) is 15.1 Å². The Labute approximate surface area is 118 Å². The van der Waals surface area contributed by atoms with E-state index in [2.05, 4.69) is 37.9 Å². The molecule has 4 heteroatoms. The third kappa shape index (κ3) is 3.69. The zero-order valence-electron chi connectivity index (χ0n) is 13.3. The number of nitrogens with zero attached hydrogens (tertiary/aromatic N) is 2. The number of rotatable bonds is 8. The van der Waals surface area contributed by atoms with E-state index in [1.807, 2.05) is 11.8 Å². The first-order chi connectivity index (χ1) is 9.02. The van der Waals surface area contributed by atoms with E-state index >= 15 is 0 Å². The van der Waals surface area contributed by atoms with E-state index < -0.39 is 0 Å². The van der Waals surface area contributed by atoms with E-state index in [1.54, 1.807) is 0 Å². The van der Waals surface area contributed by atoms with Crippen molar-refractivity contribution in [1.29, 1.82) is 0 Å². The van der Waals surface area contributed by atoms with Crippen LogP contribution in [0.4, 0.5) is 0 Å². The van der Waals surface area contributed by atoms with Gasteiger partial charge in [-0.2, -0.15) is 0 Å². The van der Waals surface area contributed by atoms with E-state index in [9.17, 15) is 4.79 Å². The Balaban J connectivity index is 2.54. The van der Waals surface area contributed by atoms with Crippen molar-refractivity contribution in [2.75, 3.05) is 26.2 Å². The molecule has 1 aliphatic heterocycles. The molecule has 19 heavy (non-hydrogen) atoms. The number of nitrogens with one attached hydrogen (secondary N) is 1. The molecule has 0 aromatic carbocycles. The number of hydrogen-bond acceptors (Lipinski definition) is 3. The first-order valence-corrected chi connectivity index (χ1v) is 7.83. The molecule has 0 spiro atoms. The third-order valence-electron chi connectivity index (χ3n) is 4.46. The Kier molecular flexibility index (Phi) is 6.27. The minimum Gasteiger partial charge on any atom is -0.326 e. The Morgan fingerprint density at radius 3 is 2.37 bits per heavy atom. The van der Waals surface area contributed by atoms with Gasteiger partial charge in [0.15, 0.2) is 0 Å². The highest BCUT2D eigenvalue weighted by Gasteiger charge is 2.45. The molecule has 1 rings (SSSR count). The summed E-state index contributed by atoms with van der Waals surface area (Å²) in [5, 5.41) is 3.50. The lowest BCUT2D eigenvalue weighted by atomic mass is 9.99. The quantitative estimate of drug-likeness (QED) is 0.732. The first kappa shape index (κ1) is 16.4. The SMILES string of the molecule is CCC1NC(C)(CC)C(=O)N1CCCN(CC)CC. The zero-order chi connectivity index (χ0) is 14.5. The van der Waals surface area contributed by atoms with Crippen molar-refractivity contribution >= 4 is 5.91 Å². The van der Waals surface area contributed by atoms with Crippen LogP contribution in [-0.2, 0) is 4.79 Å². The summed E-state index contributed by atoms with van der Waals surface area (Å²) in [5.74, 6) is 0.279. The number of amides is 1.